The molecule has 5 nitrogen and oxygen atoms in total. The zero-order chi connectivity index (χ0) is 11.8. The van der Waals surface area contributed by atoms with Crippen molar-refractivity contribution in [2.24, 2.45) is 5.84 Å². The molecular formula is C11H21N5. The van der Waals surface area contributed by atoms with Crippen molar-refractivity contribution in [2.75, 3.05) is 36.9 Å². The number of likely N-dealkylation sites (N-methyl/N-ethyl adjacent to an activating group) is 1. The molecule has 1 aromatic rings. The van der Waals surface area contributed by atoms with Crippen LogP contribution in [0.15, 0.2) is 18.2 Å². The number of rotatable bonds is 7. The lowest BCUT2D eigenvalue weighted by molar-refractivity contribution is 0.316. The molecule has 0 saturated heterocycles. The molecule has 0 spiro atoms. The quantitative estimate of drug-likeness (QED) is 0.477. The fraction of sp³-hybridized carbons (Fsp3) is 0.545. The van der Waals surface area contributed by atoms with Gasteiger partial charge in [0.05, 0.1) is 0 Å². The van der Waals surface area contributed by atoms with E-state index in [2.05, 4.69) is 34.5 Å². The Kier molecular flexibility index (Phi) is 5.60. The van der Waals surface area contributed by atoms with E-state index in [1.165, 1.54) is 0 Å². The summed E-state index contributed by atoms with van der Waals surface area (Å²) in [6.07, 6.45) is 0. The van der Waals surface area contributed by atoms with Crippen LogP contribution in [-0.4, -0.2) is 36.1 Å². The zero-order valence-corrected chi connectivity index (χ0v) is 10.0. The predicted octanol–water partition coefficient (Wildman–Crippen LogP) is 1.12. The van der Waals surface area contributed by atoms with Crippen molar-refractivity contribution in [2.45, 2.75) is 13.8 Å². The van der Waals surface area contributed by atoms with Gasteiger partial charge in [0, 0.05) is 13.1 Å². The van der Waals surface area contributed by atoms with Crippen molar-refractivity contribution in [3.8, 4) is 0 Å². The number of nitrogens with one attached hydrogen (secondary N) is 2. The van der Waals surface area contributed by atoms with E-state index in [0.29, 0.717) is 5.82 Å². The second kappa shape index (κ2) is 7.03. The maximum Gasteiger partial charge on any atom is 0.142 e. The van der Waals surface area contributed by atoms with Crippen LogP contribution in [0.3, 0.4) is 0 Å². The minimum atomic E-state index is 0.674. The lowest BCUT2D eigenvalue weighted by atomic mass is 10.4. The molecule has 1 heterocycles. The van der Waals surface area contributed by atoms with E-state index in [4.69, 9.17) is 5.84 Å². The smallest absolute Gasteiger partial charge is 0.142 e. The highest BCUT2D eigenvalue weighted by Crippen LogP contribution is 2.07. The van der Waals surface area contributed by atoms with Crippen LogP contribution in [0.2, 0.25) is 0 Å². The second-order valence-corrected chi connectivity index (χ2v) is 3.51. The number of nitrogens with zero attached hydrogens (tertiary/aromatic N) is 2. The van der Waals surface area contributed by atoms with Crippen molar-refractivity contribution in [1.29, 1.82) is 0 Å². The van der Waals surface area contributed by atoms with Crippen LogP contribution < -0.4 is 16.6 Å². The first-order valence-corrected chi connectivity index (χ1v) is 5.70. The molecular weight excluding hydrogens is 202 g/mol. The summed E-state index contributed by atoms with van der Waals surface area (Å²) in [7, 11) is 0. The van der Waals surface area contributed by atoms with Crippen molar-refractivity contribution in [1.82, 2.24) is 9.88 Å². The standard InChI is InChI=1S/C11H21N5/c1-3-16(4-2)9-8-13-10-6-5-7-11(14-10)15-12/h5-7H,3-4,8-9,12H2,1-2H3,(H2,13,14,15). The van der Waals surface area contributed by atoms with Crippen LogP contribution in [0.5, 0.6) is 0 Å². The van der Waals surface area contributed by atoms with Crippen LogP contribution in [0.25, 0.3) is 0 Å². The van der Waals surface area contributed by atoms with Gasteiger partial charge in [0.15, 0.2) is 0 Å². The Morgan fingerprint density at radius 3 is 2.56 bits per heavy atom. The molecule has 1 aromatic heterocycles. The Labute approximate surface area is 97.0 Å². The third kappa shape index (κ3) is 4.04. The summed E-state index contributed by atoms with van der Waals surface area (Å²) in [5.41, 5.74) is 2.53. The first kappa shape index (κ1) is 12.7. The highest BCUT2D eigenvalue weighted by atomic mass is 15.3. The first-order chi connectivity index (χ1) is 7.80. The molecule has 16 heavy (non-hydrogen) atoms. The number of aromatic nitrogens is 1. The largest absolute Gasteiger partial charge is 0.369 e. The van der Waals surface area contributed by atoms with Gasteiger partial charge in [-0.05, 0) is 25.2 Å². The SMILES string of the molecule is CCN(CC)CCNc1cccc(NN)n1. The average molecular weight is 223 g/mol. The van der Waals surface area contributed by atoms with Crippen molar-refractivity contribution < 1.29 is 0 Å². The van der Waals surface area contributed by atoms with Crippen LogP contribution in [-0.2, 0) is 0 Å². The van der Waals surface area contributed by atoms with E-state index < -0.39 is 0 Å². The van der Waals surface area contributed by atoms with Gasteiger partial charge in [-0.2, -0.15) is 0 Å². The maximum atomic E-state index is 5.29. The third-order valence-electron chi connectivity index (χ3n) is 2.53. The minimum Gasteiger partial charge on any atom is -0.369 e. The van der Waals surface area contributed by atoms with Gasteiger partial charge in [-0.1, -0.05) is 19.9 Å². The molecule has 1 rings (SSSR count). The fourth-order valence-corrected chi connectivity index (χ4v) is 1.50. The van der Waals surface area contributed by atoms with Gasteiger partial charge in [-0.3, -0.25) is 0 Å². The molecule has 0 bridgehead atoms. The maximum absolute atomic E-state index is 5.29. The van der Waals surface area contributed by atoms with Gasteiger partial charge < -0.3 is 15.6 Å². The van der Waals surface area contributed by atoms with Gasteiger partial charge >= 0.3 is 0 Å². The van der Waals surface area contributed by atoms with Gasteiger partial charge in [0.1, 0.15) is 11.6 Å². The molecule has 4 N–H and O–H groups in total. The Balaban J connectivity index is 2.36. The van der Waals surface area contributed by atoms with Crippen molar-refractivity contribution >= 4 is 11.6 Å². The molecule has 0 aromatic carbocycles. The summed E-state index contributed by atoms with van der Waals surface area (Å²) < 4.78 is 0. The summed E-state index contributed by atoms with van der Waals surface area (Å²) in [5.74, 6) is 6.81. The third-order valence-corrected chi connectivity index (χ3v) is 2.53. The molecule has 0 fully saturated rings. The number of pyridine rings is 1. The fourth-order valence-electron chi connectivity index (χ4n) is 1.50. The lowest BCUT2D eigenvalue weighted by Crippen LogP contribution is -2.28. The molecule has 0 aliphatic heterocycles. The van der Waals surface area contributed by atoms with E-state index in [1.807, 2.05) is 18.2 Å². The van der Waals surface area contributed by atoms with E-state index >= 15 is 0 Å². The number of hydrazine groups is 1. The van der Waals surface area contributed by atoms with Gasteiger partial charge in [-0.15, -0.1) is 0 Å². The lowest BCUT2D eigenvalue weighted by Gasteiger charge is -2.18. The highest BCUT2D eigenvalue weighted by Gasteiger charge is 1.99. The molecule has 0 unspecified atom stereocenters. The van der Waals surface area contributed by atoms with Crippen LogP contribution >= 0.6 is 0 Å². The number of hydrogen-bond acceptors (Lipinski definition) is 5. The molecule has 0 aliphatic rings. The number of anilines is 2. The molecule has 5 heteroatoms. The average Bonchev–Trinajstić information content (AvgIpc) is 2.35. The Morgan fingerprint density at radius 1 is 1.25 bits per heavy atom. The minimum absolute atomic E-state index is 0.674. The second-order valence-electron chi connectivity index (χ2n) is 3.51. The molecule has 0 aliphatic carbocycles. The first-order valence-electron chi connectivity index (χ1n) is 5.70. The Morgan fingerprint density at radius 2 is 1.94 bits per heavy atom. The van der Waals surface area contributed by atoms with Crippen LogP contribution in [0.4, 0.5) is 11.6 Å². The van der Waals surface area contributed by atoms with Crippen molar-refractivity contribution in [3.63, 3.8) is 0 Å². The number of nitrogens with two attached hydrogens (primary N) is 1. The Bertz CT molecular complexity index is 298. The van der Waals surface area contributed by atoms with E-state index in [-0.39, 0.29) is 0 Å². The van der Waals surface area contributed by atoms with Gasteiger partial charge in [0.2, 0.25) is 0 Å². The summed E-state index contributed by atoms with van der Waals surface area (Å²) in [6, 6.07) is 5.68. The number of hydrogen-bond donors (Lipinski definition) is 3. The van der Waals surface area contributed by atoms with E-state index in [0.717, 1.165) is 32.0 Å². The van der Waals surface area contributed by atoms with Crippen LogP contribution in [0.1, 0.15) is 13.8 Å². The molecule has 0 saturated carbocycles. The summed E-state index contributed by atoms with van der Waals surface area (Å²) in [6.45, 7) is 8.41. The summed E-state index contributed by atoms with van der Waals surface area (Å²) >= 11 is 0. The summed E-state index contributed by atoms with van der Waals surface area (Å²) in [4.78, 5) is 6.63. The van der Waals surface area contributed by atoms with Gasteiger partial charge in [0.25, 0.3) is 0 Å². The zero-order valence-electron chi connectivity index (χ0n) is 10.0. The molecule has 0 radical (unpaired) electrons. The molecule has 0 atom stereocenters. The monoisotopic (exact) mass is 223 g/mol. The van der Waals surface area contributed by atoms with E-state index in [1.54, 1.807) is 0 Å². The Hall–Kier alpha value is -1.33. The van der Waals surface area contributed by atoms with E-state index in [9.17, 15) is 0 Å². The molecule has 0 amide bonds. The van der Waals surface area contributed by atoms with Gasteiger partial charge in [-0.25, -0.2) is 10.8 Å². The highest BCUT2D eigenvalue weighted by molar-refractivity contribution is 5.44. The normalized spacial score (nSPS) is 10.5. The molecule has 90 valence electrons. The predicted molar refractivity (Wildman–Crippen MR) is 68.3 cm³/mol. The topological polar surface area (TPSA) is 66.2 Å². The van der Waals surface area contributed by atoms with Crippen LogP contribution in [0, 0.1) is 0 Å². The van der Waals surface area contributed by atoms with Crippen molar-refractivity contribution in [3.05, 3.63) is 18.2 Å². The summed E-state index contributed by atoms with van der Waals surface area (Å²) in [5, 5.41) is 3.27. The number of nitrogen functional groups attached to an aromatic ring is 1.